The van der Waals surface area contributed by atoms with Gasteiger partial charge in [0.05, 0.1) is 6.10 Å². The molecule has 2 unspecified atom stereocenters. The zero-order valence-electron chi connectivity index (χ0n) is 20.5. The highest BCUT2D eigenvalue weighted by atomic mass is 16.5. The molecular weight excluding hydrogens is 418 g/mol. The summed E-state index contributed by atoms with van der Waals surface area (Å²) in [5.41, 5.74) is -2.03. The van der Waals surface area contributed by atoms with Crippen LogP contribution < -0.4 is 5.43 Å². The number of rotatable bonds is 3. The molecule has 3 aliphatic carbocycles. The third kappa shape index (κ3) is 3.36. The molecule has 3 aliphatic rings. The van der Waals surface area contributed by atoms with E-state index in [2.05, 4.69) is 27.4 Å². The lowest BCUT2D eigenvalue weighted by Gasteiger charge is -2.61. The molecule has 1 heterocycles. The zero-order valence-corrected chi connectivity index (χ0v) is 20.5. The molecule has 180 valence electrons. The maximum absolute atomic E-state index is 13.4. The van der Waals surface area contributed by atoms with Gasteiger partial charge in [0.2, 0.25) is 0 Å². The van der Waals surface area contributed by atoms with E-state index in [9.17, 15) is 19.5 Å². The molecule has 0 saturated heterocycles. The fourth-order valence-corrected chi connectivity index (χ4v) is 7.43. The highest BCUT2D eigenvalue weighted by molar-refractivity contribution is 5.89. The Morgan fingerprint density at radius 3 is 2.64 bits per heavy atom. The second-order valence-electron chi connectivity index (χ2n) is 11.4. The molecule has 2 bridgehead atoms. The number of aliphatic hydroxyl groups excluding tert-OH is 1. The predicted octanol–water partition coefficient (Wildman–Crippen LogP) is 3.91. The third-order valence-electron chi connectivity index (χ3n) is 9.83. The third-order valence-corrected chi connectivity index (χ3v) is 9.83. The minimum absolute atomic E-state index is 0.0210. The Labute approximate surface area is 196 Å². The van der Waals surface area contributed by atoms with Crippen LogP contribution in [0.3, 0.4) is 0 Å². The van der Waals surface area contributed by atoms with Crippen LogP contribution in [0.4, 0.5) is 0 Å². The molecule has 0 radical (unpaired) electrons. The Hall–Kier alpha value is -2.21. The molecule has 1 aromatic heterocycles. The molecule has 3 saturated carbocycles. The number of aliphatic hydroxyl groups is 1. The van der Waals surface area contributed by atoms with Crippen LogP contribution in [0.2, 0.25) is 0 Å². The summed E-state index contributed by atoms with van der Waals surface area (Å²) < 4.78 is 7.82. The average Bonchev–Trinajstić information content (AvgIpc) is 3.14. The van der Waals surface area contributed by atoms with Gasteiger partial charge in [0.15, 0.2) is 5.43 Å². The van der Waals surface area contributed by atoms with Gasteiger partial charge < -0.3 is 14.4 Å². The highest BCUT2D eigenvalue weighted by Gasteiger charge is 2.68. The highest BCUT2D eigenvalue weighted by Crippen LogP contribution is 2.68. The zero-order chi connectivity index (χ0) is 24.3. The van der Waals surface area contributed by atoms with Crippen LogP contribution in [-0.2, 0) is 16.6 Å². The number of hydrogen-bond donors (Lipinski definition) is 1. The van der Waals surface area contributed by atoms with Crippen LogP contribution in [0, 0.1) is 34.0 Å². The van der Waals surface area contributed by atoms with Gasteiger partial charge in [0.1, 0.15) is 17.5 Å². The quantitative estimate of drug-likeness (QED) is 0.552. The lowest BCUT2D eigenvalue weighted by atomic mass is 9.44. The molecule has 8 atom stereocenters. The number of carbonyl (C=O) groups excluding carboxylic acids is 2. The van der Waals surface area contributed by atoms with Gasteiger partial charge in [-0.15, -0.1) is 6.58 Å². The summed E-state index contributed by atoms with van der Waals surface area (Å²) in [6, 6.07) is 1.35. The number of ether oxygens (including phenoxy) is 1. The summed E-state index contributed by atoms with van der Waals surface area (Å²) in [5, 5.41) is 11.6. The minimum atomic E-state index is -0.716. The lowest BCUT2D eigenvalue weighted by Crippen LogP contribution is -2.63. The van der Waals surface area contributed by atoms with Crippen molar-refractivity contribution in [3.63, 3.8) is 0 Å². The van der Waals surface area contributed by atoms with E-state index in [4.69, 9.17) is 4.74 Å². The van der Waals surface area contributed by atoms with Crippen LogP contribution in [0.25, 0.3) is 0 Å². The number of pyridine rings is 1. The van der Waals surface area contributed by atoms with E-state index in [0.29, 0.717) is 12.8 Å². The van der Waals surface area contributed by atoms with Gasteiger partial charge in [-0.1, -0.05) is 33.8 Å². The summed E-state index contributed by atoms with van der Waals surface area (Å²) in [7, 11) is 1.74. The Morgan fingerprint density at radius 1 is 1.27 bits per heavy atom. The SMILES string of the molecule is C=C[C@]1(C)C[C@@H](OC(=O)c2cn(C)ccc2=O)[C@]2(C)C(C)CC[C@]3(CCC(=O)C32)[C@@H](C)[C@@H]1O. The van der Waals surface area contributed by atoms with Crippen molar-refractivity contribution >= 4 is 11.8 Å². The lowest BCUT2D eigenvalue weighted by molar-refractivity contribution is -0.192. The normalized spacial score (nSPS) is 42.7. The molecular formula is C27H37NO5. The molecule has 1 N–H and O–H groups in total. The molecule has 6 nitrogen and oxygen atoms in total. The molecule has 4 rings (SSSR count). The predicted molar refractivity (Wildman–Crippen MR) is 126 cm³/mol. The van der Waals surface area contributed by atoms with Crippen molar-refractivity contribution in [2.24, 2.45) is 41.0 Å². The van der Waals surface area contributed by atoms with Crippen LogP contribution >= 0.6 is 0 Å². The number of Topliss-reactive ketones (excluding diaryl/α,β-unsaturated/α-hetero) is 1. The van der Waals surface area contributed by atoms with Crippen molar-refractivity contribution < 1.29 is 19.4 Å². The van der Waals surface area contributed by atoms with Crippen molar-refractivity contribution in [2.45, 2.75) is 72.0 Å². The Kier molecular flexibility index (Phi) is 5.75. The second-order valence-corrected chi connectivity index (χ2v) is 11.4. The monoisotopic (exact) mass is 455 g/mol. The van der Waals surface area contributed by atoms with Crippen LogP contribution in [0.5, 0.6) is 0 Å². The summed E-state index contributed by atoms with van der Waals surface area (Å²) in [4.78, 5) is 39.1. The van der Waals surface area contributed by atoms with E-state index in [0.717, 1.165) is 19.3 Å². The van der Waals surface area contributed by atoms with Gasteiger partial charge >= 0.3 is 5.97 Å². The van der Waals surface area contributed by atoms with Crippen molar-refractivity contribution in [3.05, 3.63) is 46.9 Å². The van der Waals surface area contributed by atoms with Crippen LogP contribution in [-0.4, -0.2) is 33.6 Å². The van der Waals surface area contributed by atoms with Crippen LogP contribution in [0.15, 0.2) is 35.9 Å². The molecule has 3 fully saturated rings. The molecule has 0 aliphatic heterocycles. The summed E-state index contributed by atoms with van der Waals surface area (Å²) in [6.45, 7) is 12.3. The van der Waals surface area contributed by atoms with Gasteiger partial charge in [-0.2, -0.15) is 0 Å². The largest absolute Gasteiger partial charge is 0.458 e. The fourth-order valence-electron chi connectivity index (χ4n) is 7.43. The molecule has 1 aromatic rings. The number of nitrogens with zero attached hydrogens (tertiary/aromatic N) is 1. The maximum Gasteiger partial charge on any atom is 0.343 e. The van der Waals surface area contributed by atoms with E-state index in [1.54, 1.807) is 23.9 Å². The number of ketones is 1. The summed E-state index contributed by atoms with van der Waals surface area (Å²) in [6.07, 6.45) is 6.88. The van der Waals surface area contributed by atoms with Gasteiger partial charge in [-0.05, 0) is 42.9 Å². The molecule has 0 spiro atoms. The standard InChI is InChI=1S/C27H37NO5/c1-7-25(4)14-21(33-24(32)18-15-28(6)13-10-19(18)29)26(5)16(2)8-11-27(17(3)23(25)31)12-9-20(30)22(26)27/h7,10,13,15-17,21-23,31H,1,8-9,11-12,14H2,2-6H3/t16?,17-,21+,22?,23-,25+,26-,27-/m0/s1. The van der Waals surface area contributed by atoms with E-state index in [-0.39, 0.29) is 34.5 Å². The fraction of sp³-hybridized carbons (Fsp3) is 0.667. The number of aryl methyl sites for hydroxylation is 1. The van der Waals surface area contributed by atoms with Gasteiger partial charge in [0, 0.05) is 48.7 Å². The Morgan fingerprint density at radius 2 is 1.97 bits per heavy atom. The second kappa shape index (κ2) is 7.93. The minimum Gasteiger partial charge on any atom is -0.458 e. The number of hydrogen-bond acceptors (Lipinski definition) is 5. The van der Waals surface area contributed by atoms with Crippen molar-refractivity contribution in [2.75, 3.05) is 0 Å². The summed E-state index contributed by atoms with van der Waals surface area (Å²) >= 11 is 0. The Balaban J connectivity index is 1.86. The first-order chi connectivity index (χ1) is 15.4. The number of aromatic nitrogens is 1. The van der Waals surface area contributed by atoms with Crippen LogP contribution in [0.1, 0.15) is 70.2 Å². The van der Waals surface area contributed by atoms with E-state index in [1.807, 2.05) is 6.92 Å². The topological polar surface area (TPSA) is 85.6 Å². The first kappa shape index (κ1) is 23.9. The van der Waals surface area contributed by atoms with E-state index < -0.39 is 34.4 Å². The molecule has 33 heavy (non-hydrogen) atoms. The van der Waals surface area contributed by atoms with E-state index in [1.165, 1.54) is 12.3 Å². The first-order valence-electron chi connectivity index (χ1n) is 12.1. The van der Waals surface area contributed by atoms with Crippen molar-refractivity contribution in [1.29, 1.82) is 0 Å². The van der Waals surface area contributed by atoms with Gasteiger partial charge in [-0.3, -0.25) is 9.59 Å². The smallest absolute Gasteiger partial charge is 0.343 e. The van der Waals surface area contributed by atoms with Crippen molar-refractivity contribution in [1.82, 2.24) is 4.57 Å². The number of esters is 1. The Bertz CT molecular complexity index is 1050. The molecule has 0 amide bonds. The van der Waals surface area contributed by atoms with Crippen molar-refractivity contribution in [3.8, 4) is 0 Å². The summed E-state index contributed by atoms with van der Waals surface area (Å²) in [5.74, 6) is -0.690. The first-order valence-corrected chi connectivity index (χ1v) is 12.1. The maximum atomic E-state index is 13.4. The molecule has 0 aromatic carbocycles. The van der Waals surface area contributed by atoms with E-state index >= 15 is 0 Å². The number of carbonyl (C=O) groups is 2. The average molecular weight is 456 g/mol. The molecule has 6 heteroatoms. The van der Waals surface area contributed by atoms with Gasteiger partial charge in [0.25, 0.3) is 0 Å². The van der Waals surface area contributed by atoms with Gasteiger partial charge in [-0.25, -0.2) is 4.79 Å².